The van der Waals surface area contributed by atoms with E-state index in [4.69, 9.17) is 9.84 Å². The predicted octanol–water partition coefficient (Wildman–Crippen LogP) is 1.96. The summed E-state index contributed by atoms with van der Waals surface area (Å²) < 4.78 is 7.35. The van der Waals surface area contributed by atoms with Gasteiger partial charge in [0.1, 0.15) is 0 Å². The molecule has 6 nitrogen and oxygen atoms in total. The summed E-state index contributed by atoms with van der Waals surface area (Å²) in [5, 5.41) is 25.9. The Morgan fingerprint density at radius 3 is 2.95 bits per heavy atom. The molecule has 3 N–H and O–H groups in total. The smallest absolute Gasteiger partial charge is 0.172 e. The minimum atomic E-state index is 0.0588. The van der Waals surface area contributed by atoms with E-state index >= 15 is 0 Å². The van der Waals surface area contributed by atoms with Gasteiger partial charge in [0.05, 0.1) is 36.6 Å². The van der Waals surface area contributed by atoms with Crippen LogP contribution in [0.4, 0.5) is 5.69 Å². The van der Waals surface area contributed by atoms with Crippen molar-refractivity contribution in [2.75, 3.05) is 19.0 Å². The second-order valence-corrected chi connectivity index (χ2v) is 5.05. The molecule has 0 saturated carbocycles. The molecule has 0 spiro atoms. The van der Waals surface area contributed by atoms with E-state index in [-0.39, 0.29) is 12.4 Å². The Morgan fingerprint density at radius 1 is 1.45 bits per heavy atom. The van der Waals surface area contributed by atoms with Crippen molar-refractivity contribution in [1.29, 1.82) is 0 Å². The van der Waals surface area contributed by atoms with E-state index in [1.807, 2.05) is 12.3 Å². The fraction of sp³-hybridized carbons (Fsp3) is 0.308. The van der Waals surface area contributed by atoms with Crippen molar-refractivity contribution >= 4 is 21.6 Å². The largest absolute Gasteiger partial charge is 0.503 e. The zero-order valence-electron chi connectivity index (χ0n) is 11.0. The van der Waals surface area contributed by atoms with Gasteiger partial charge in [-0.05, 0) is 33.6 Å². The molecule has 0 atom stereocenters. The van der Waals surface area contributed by atoms with Crippen LogP contribution in [0.2, 0.25) is 0 Å². The van der Waals surface area contributed by atoms with Crippen molar-refractivity contribution in [3.05, 3.63) is 34.6 Å². The van der Waals surface area contributed by atoms with E-state index < -0.39 is 0 Å². The Balaban J connectivity index is 2.04. The molecule has 108 valence electrons. The van der Waals surface area contributed by atoms with Crippen LogP contribution in [-0.4, -0.2) is 33.7 Å². The van der Waals surface area contributed by atoms with Gasteiger partial charge in [0.2, 0.25) is 0 Å². The maximum Gasteiger partial charge on any atom is 0.172 e. The number of ether oxygens (including phenoxy) is 1. The number of aromatic hydroxyl groups is 1. The second kappa shape index (κ2) is 6.62. The molecule has 2 rings (SSSR count). The number of rotatable bonds is 6. The monoisotopic (exact) mass is 341 g/mol. The predicted molar refractivity (Wildman–Crippen MR) is 79.0 cm³/mol. The van der Waals surface area contributed by atoms with Gasteiger partial charge < -0.3 is 20.3 Å². The van der Waals surface area contributed by atoms with Crippen molar-refractivity contribution in [2.24, 2.45) is 0 Å². The first-order valence-electron chi connectivity index (χ1n) is 6.06. The van der Waals surface area contributed by atoms with Crippen LogP contribution in [0.5, 0.6) is 11.5 Å². The number of aromatic nitrogens is 2. The lowest BCUT2D eigenvalue weighted by molar-refractivity contribution is 0.269. The Hall–Kier alpha value is -1.73. The quantitative estimate of drug-likeness (QED) is 0.748. The molecule has 0 bridgehead atoms. The zero-order chi connectivity index (χ0) is 14.5. The van der Waals surface area contributed by atoms with Gasteiger partial charge >= 0.3 is 0 Å². The summed E-state index contributed by atoms with van der Waals surface area (Å²) in [7, 11) is 1.51. The SMILES string of the molecule is COc1cc(CNc2cnn(CCO)c2)cc(Br)c1O. The fourth-order valence-corrected chi connectivity index (χ4v) is 2.26. The van der Waals surface area contributed by atoms with Crippen LogP contribution in [-0.2, 0) is 13.1 Å². The van der Waals surface area contributed by atoms with Gasteiger partial charge in [0, 0.05) is 12.7 Å². The standard InChI is InChI=1S/C13H16BrN3O3/c1-20-12-5-9(4-11(14)13(12)19)6-15-10-7-16-17(8-10)2-3-18/h4-5,7-8,15,18-19H,2-3,6H2,1H3. The van der Waals surface area contributed by atoms with Crippen LogP contribution >= 0.6 is 15.9 Å². The molecule has 2 aromatic rings. The number of nitrogens with one attached hydrogen (secondary N) is 1. The summed E-state index contributed by atoms with van der Waals surface area (Å²) in [4.78, 5) is 0. The third-order valence-electron chi connectivity index (χ3n) is 2.77. The van der Waals surface area contributed by atoms with E-state index in [2.05, 4.69) is 26.3 Å². The lowest BCUT2D eigenvalue weighted by Crippen LogP contribution is -2.02. The summed E-state index contributed by atoms with van der Waals surface area (Å²) in [6, 6.07) is 3.59. The van der Waals surface area contributed by atoms with Crippen LogP contribution in [0.1, 0.15) is 5.56 Å². The summed E-state index contributed by atoms with van der Waals surface area (Å²) in [5.74, 6) is 0.513. The Kier molecular flexibility index (Phi) is 4.86. The fourth-order valence-electron chi connectivity index (χ4n) is 1.77. The number of aliphatic hydroxyl groups excluding tert-OH is 1. The van der Waals surface area contributed by atoms with Crippen molar-refractivity contribution in [3.63, 3.8) is 0 Å². The number of nitrogens with zero attached hydrogens (tertiary/aromatic N) is 2. The zero-order valence-corrected chi connectivity index (χ0v) is 12.6. The Bertz CT molecular complexity index is 586. The lowest BCUT2D eigenvalue weighted by atomic mass is 10.2. The van der Waals surface area contributed by atoms with Crippen LogP contribution in [0.25, 0.3) is 0 Å². The number of aliphatic hydroxyl groups is 1. The Labute approximate surface area is 125 Å². The van der Waals surface area contributed by atoms with Gasteiger partial charge in [-0.1, -0.05) is 0 Å². The third kappa shape index (κ3) is 3.43. The van der Waals surface area contributed by atoms with E-state index in [1.165, 1.54) is 7.11 Å². The second-order valence-electron chi connectivity index (χ2n) is 4.20. The minimum absolute atomic E-state index is 0.0588. The number of phenolic OH excluding ortho intramolecular Hbond substituents is 1. The van der Waals surface area contributed by atoms with Crippen LogP contribution in [0.3, 0.4) is 0 Å². The average molecular weight is 342 g/mol. The van der Waals surface area contributed by atoms with Crippen molar-refractivity contribution in [1.82, 2.24) is 9.78 Å². The maximum absolute atomic E-state index is 9.74. The maximum atomic E-state index is 9.74. The summed E-state index contributed by atoms with van der Waals surface area (Å²) in [6.07, 6.45) is 3.52. The number of halogens is 1. The molecular weight excluding hydrogens is 326 g/mol. The number of anilines is 1. The van der Waals surface area contributed by atoms with Gasteiger partial charge in [-0.25, -0.2) is 0 Å². The highest BCUT2D eigenvalue weighted by atomic mass is 79.9. The Morgan fingerprint density at radius 2 is 2.25 bits per heavy atom. The number of methoxy groups -OCH3 is 1. The third-order valence-corrected chi connectivity index (χ3v) is 3.37. The van der Waals surface area contributed by atoms with Gasteiger partial charge in [-0.15, -0.1) is 0 Å². The molecule has 0 aliphatic carbocycles. The number of hydrogen-bond donors (Lipinski definition) is 3. The van der Waals surface area contributed by atoms with E-state index in [1.54, 1.807) is 16.9 Å². The summed E-state index contributed by atoms with van der Waals surface area (Å²) in [6.45, 7) is 1.10. The molecule has 20 heavy (non-hydrogen) atoms. The molecule has 1 aromatic carbocycles. The highest BCUT2D eigenvalue weighted by Gasteiger charge is 2.08. The molecule has 1 aromatic heterocycles. The van der Waals surface area contributed by atoms with Crippen LogP contribution in [0.15, 0.2) is 29.0 Å². The van der Waals surface area contributed by atoms with Gasteiger partial charge in [-0.2, -0.15) is 5.10 Å². The molecular formula is C13H16BrN3O3. The van der Waals surface area contributed by atoms with E-state index in [0.29, 0.717) is 23.3 Å². The first-order chi connectivity index (χ1) is 9.63. The summed E-state index contributed by atoms with van der Waals surface area (Å²) >= 11 is 3.29. The average Bonchev–Trinajstić information content (AvgIpc) is 2.88. The number of benzene rings is 1. The highest BCUT2D eigenvalue weighted by molar-refractivity contribution is 9.10. The topological polar surface area (TPSA) is 79.5 Å². The first kappa shape index (κ1) is 14.7. The van der Waals surface area contributed by atoms with Crippen molar-refractivity contribution in [2.45, 2.75) is 13.1 Å². The van der Waals surface area contributed by atoms with Gasteiger partial charge in [-0.3, -0.25) is 4.68 Å². The van der Waals surface area contributed by atoms with Crippen molar-refractivity contribution < 1.29 is 14.9 Å². The minimum Gasteiger partial charge on any atom is -0.503 e. The summed E-state index contributed by atoms with van der Waals surface area (Å²) in [5.41, 5.74) is 1.82. The van der Waals surface area contributed by atoms with Crippen LogP contribution in [0, 0.1) is 0 Å². The van der Waals surface area contributed by atoms with Crippen LogP contribution < -0.4 is 10.1 Å². The molecule has 0 aliphatic rings. The molecule has 0 amide bonds. The van der Waals surface area contributed by atoms with E-state index in [0.717, 1.165) is 11.3 Å². The van der Waals surface area contributed by atoms with E-state index in [9.17, 15) is 5.11 Å². The highest BCUT2D eigenvalue weighted by Crippen LogP contribution is 2.35. The lowest BCUT2D eigenvalue weighted by Gasteiger charge is -2.09. The molecule has 7 heteroatoms. The normalized spacial score (nSPS) is 10.6. The molecule has 0 radical (unpaired) electrons. The molecule has 1 heterocycles. The molecule has 0 fully saturated rings. The number of phenols is 1. The molecule has 0 unspecified atom stereocenters. The first-order valence-corrected chi connectivity index (χ1v) is 6.86. The van der Waals surface area contributed by atoms with Crippen molar-refractivity contribution in [3.8, 4) is 11.5 Å². The number of hydrogen-bond acceptors (Lipinski definition) is 5. The van der Waals surface area contributed by atoms with Gasteiger partial charge in [0.25, 0.3) is 0 Å². The van der Waals surface area contributed by atoms with Gasteiger partial charge in [0.15, 0.2) is 11.5 Å². The molecule has 0 saturated heterocycles. The molecule has 0 aliphatic heterocycles.